The molecule has 3 heterocycles. The fourth-order valence-electron chi connectivity index (χ4n) is 4.58. The highest BCUT2D eigenvalue weighted by atomic mass is 16.5. The maximum absolute atomic E-state index is 12.7. The number of carbonyl (C=O) groups excluding carboxylic acids is 1. The quantitative estimate of drug-likeness (QED) is 0.745. The van der Waals surface area contributed by atoms with Crippen LogP contribution in [-0.4, -0.2) is 59.7 Å². The van der Waals surface area contributed by atoms with Gasteiger partial charge in [0.05, 0.1) is 19.6 Å². The molecule has 1 spiro atoms. The van der Waals surface area contributed by atoms with Crippen LogP contribution in [0.5, 0.6) is 5.75 Å². The Balaban J connectivity index is 1.33. The van der Waals surface area contributed by atoms with Crippen LogP contribution in [0.15, 0.2) is 28.7 Å². The molecule has 0 N–H and O–H groups in total. The van der Waals surface area contributed by atoms with Gasteiger partial charge in [0.25, 0.3) is 0 Å². The number of ether oxygens (including phenoxy) is 1. The molecule has 7 heteroatoms. The number of likely N-dealkylation sites (tertiary alicyclic amines) is 2. The largest absolute Gasteiger partial charge is 0.497 e. The van der Waals surface area contributed by atoms with Crippen molar-refractivity contribution in [3.8, 4) is 5.75 Å². The number of carbonyl (C=O) groups is 1. The number of rotatable bonds is 6. The maximum atomic E-state index is 12.7. The molecule has 156 valence electrons. The third kappa shape index (κ3) is 4.15. The molecule has 1 atom stereocenters. The molecule has 2 aliphatic heterocycles. The molecule has 0 saturated carbocycles. The molecule has 0 aliphatic carbocycles. The van der Waals surface area contributed by atoms with Crippen LogP contribution in [0.2, 0.25) is 0 Å². The van der Waals surface area contributed by atoms with Gasteiger partial charge in [-0.1, -0.05) is 26.0 Å². The molecule has 0 radical (unpaired) electrons. The number of hydrogen-bond donors (Lipinski definition) is 0. The van der Waals surface area contributed by atoms with Gasteiger partial charge in [-0.05, 0) is 37.1 Å². The summed E-state index contributed by atoms with van der Waals surface area (Å²) in [6, 6.07) is 7.84. The van der Waals surface area contributed by atoms with E-state index in [0.717, 1.165) is 43.8 Å². The molecule has 29 heavy (non-hydrogen) atoms. The zero-order chi connectivity index (χ0) is 20.6. The van der Waals surface area contributed by atoms with Crippen molar-refractivity contribution in [2.24, 2.45) is 11.3 Å². The molecule has 7 nitrogen and oxygen atoms in total. The van der Waals surface area contributed by atoms with Crippen LogP contribution in [0.3, 0.4) is 0 Å². The minimum absolute atomic E-state index is 0.141. The topological polar surface area (TPSA) is 71.7 Å². The zero-order valence-corrected chi connectivity index (χ0v) is 17.7. The molecule has 2 aliphatic rings. The van der Waals surface area contributed by atoms with Crippen LogP contribution in [0, 0.1) is 11.3 Å². The highest BCUT2D eigenvalue weighted by Gasteiger charge is 2.53. The highest BCUT2D eigenvalue weighted by molar-refractivity contribution is 5.79. The van der Waals surface area contributed by atoms with E-state index < -0.39 is 0 Å². The number of aromatic nitrogens is 2. The number of hydrogen-bond acceptors (Lipinski definition) is 6. The Kier molecular flexibility index (Phi) is 5.34. The Labute approximate surface area is 172 Å². The lowest BCUT2D eigenvalue weighted by Gasteiger charge is -2.48. The van der Waals surface area contributed by atoms with Crippen LogP contribution in [0.25, 0.3) is 0 Å². The van der Waals surface area contributed by atoms with Crippen LogP contribution in [0.4, 0.5) is 0 Å². The van der Waals surface area contributed by atoms with E-state index in [2.05, 4.69) is 36.0 Å². The summed E-state index contributed by atoms with van der Waals surface area (Å²) in [4.78, 5) is 16.9. The van der Waals surface area contributed by atoms with Gasteiger partial charge in [0.1, 0.15) is 5.75 Å². The first-order valence-corrected chi connectivity index (χ1v) is 10.3. The third-order valence-electron chi connectivity index (χ3n) is 6.01. The highest BCUT2D eigenvalue weighted by Crippen LogP contribution is 2.47. The van der Waals surface area contributed by atoms with Crippen molar-refractivity contribution in [2.75, 3.05) is 33.8 Å². The first-order valence-electron chi connectivity index (χ1n) is 10.3. The second-order valence-corrected chi connectivity index (χ2v) is 9.04. The molecule has 1 aromatic carbocycles. The third-order valence-corrected chi connectivity index (χ3v) is 6.01. The summed E-state index contributed by atoms with van der Waals surface area (Å²) in [6.45, 7) is 6.84. The van der Waals surface area contributed by atoms with E-state index in [9.17, 15) is 4.79 Å². The van der Waals surface area contributed by atoms with Crippen molar-refractivity contribution >= 4 is 5.91 Å². The van der Waals surface area contributed by atoms with Crippen LogP contribution < -0.4 is 4.74 Å². The van der Waals surface area contributed by atoms with Crippen molar-refractivity contribution in [1.82, 2.24) is 20.0 Å². The lowest BCUT2D eigenvalue weighted by molar-refractivity contribution is -0.141. The molecule has 1 unspecified atom stereocenters. The van der Waals surface area contributed by atoms with Crippen molar-refractivity contribution < 1.29 is 13.9 Å². The standard InChI is InChI=1S/C22H30N4O3/c1-15(2)9-19-23-24-21(29-19)18-11-22(12-25(18)3)13-26(14-22)20(27)10-16-5-7-17(28-4)8-6-16/h5-8,15,18H,9-14H2,1-4H3. The summed E-state index contributed by atoms with van der Waals surface area (Å²) < 4.78 is 11.1. The molecule has 2 saturated heterocycles. The molecule has 1 amide bonds. The van der Waals surface area contributed by atoms with E-state index in [1.807, 2.05) is 29.2 Å². The van der Waals surface area contributed by atoms with Gasteiger partial charge in [0.2, 0.25) is 17.7 Å². The summed E-state index contributed by atoms with van der Waals surface area (Å²) in [7, 11) is 3.75. The van der Waals surface area contributed by atoms with E-state index in [1.54, 1.807) is 7.11 Å². The second kappa shape index (κ2) is 7.78. The molecular weight excluding hydrogens is 368 g/mol. The summed E-state index contributed by atoms with van der Waals surface area (Å²) in [5.74, 6) is 2.91. The second-order valence-electron chi connectivity index (χ2n) is 9.04. The number of methoxy groups -OCH3 is 1. The van der Waals surface area contributed by atoms with Gasteiger partial charge >= 0.3 is 0 Å². The average molecular weight is 399 g/mol. The number of amides is 1. The molecule has 4 rings (SSSR count). The minimum Gasteiger partial charge on any atom is -0.497 e. The van der Waals surface area contributed by atoms with Crippen molar-refractivity contribution in [2.45, 2.75) is 39.2 Å². The summed E-state index contributed by atoms with van der Waals surface area (Å²) in [6.07, 6.45) is 2.20. The predicted octanol–water partition coefficient (Wildman–Crippen LogP) is 2.72. The van der Waals surface area contributed by atoms with Gasteiger partial charge in [-0.2, -0.15) is 0 Å². The number of benzene rings is 1. The Morgan fingerprint density at radius 1 is 1.24 bits per heavy atom. The normalized spacial score (nSPS) is 21.0. The van der Waals surface area contributed by atoms with Gasteiger partial charge in [0, 0.05) is 31.5 Å². The van der Waals surface area contributed by atoms with Crippen LogP contribution >= 0.6 is 0 Å². The van der Waals surface area contributed by atoms with Crippen molar-refractivity contribution in [3.63, 3.8) is 0 Å². The minimum atomic E-state index is 0.141. The summed E-state index contributed by atoms with van der Waals surface area (Å²) >= 11 is 0. The van der Waals surface area contributed by atoms with Gasteiger partial charge in [-0.25, -0.2) is 0 Å². The molecule has 1 aromatic heterocycles. The molecular formula is C22H30N4O3. The maximum Gasteiger partial charge on any atom is 0.233 e. The fourth-order valence-corrected chi connectivity index (χ4v) is 4.58. The SMILES string of the molecule is COc1ccc(CC(=O)N2CC3(CC(c4nnc(CC(C)C)o4)N(C)C3)C2)cc1. The summed E-state index contributed by atoms with van der Waals surface area (Å²) in [5.41, 5.74) is 1.16. The predicted molar refractivity (Wildman–Crippen MR) is 109 cm³/mol. The molecule has 2 fully saturated rings. The Morgan fingerprint density at radius 3 is 2.62 bits per heavy atom. The molecule has 0 bridgehead atoms. The van der Waals surface area contributed by atoms with Crippen molar-refractivity contribution in [1.29, 1.82) is 0 Å². The summed E-state index contributed by atoms with van der Waals surface area (Å²) in [5, 5.41) is 8.51. The average Bonchev–Trinajstić information content (AvgIpc) is 3.24. The van der Waals surface area contributed by atoms with Crippen molar-refractivity contribution in [3.05, 3.63) is 41.6 Å². The lowest BCUT2D eigenvalue weighted by Crippen LogP contribution is -2.59. The monoisotopic (exact) mass is 398 g/mol. The van der Waals surface area contributed by atoms with E-state index in [-0.39, 0.29) is 17.4 Å². The van der Waals surface area contributed by atoms with E-state index in [1.165, 1.54) is 0 Å². The van der Waals surface area contributed by atoms with E-state index >= 15 is 0 Å². The van der Waals surface area contributed by atoms with Gasteiger partial charge < -0.3 is 14.1 Å². The Morgan fingerprint density at radius 2 is 1.97 bits per heavy atom. The van der Waals surface area contributed by atoms with Crippen LogP contribution in [0.1, 0.15) is 43.7 Å². The molecule has 2 aromatic rings. The first-order chi connectivity index (χ1) is 13.9. The number of nitrogens with zero attached hydrogens (tertiary/aromatic N) is 4. The zero-order valence-electron chi connectivity index (χ0n) is 17.7. The smallest absolute Gasteiger partial charge is 0.233 e. The van der Waals surface area contributed by atoms with Gasteiger partial charge in [-0.3, -0.25) is 9.69 Å². The van der Waals surface area contributed by atoms with Gasteiger partial charge in [-0.15, -0.1) is 10.2 Å². The lowest BCUT2D eigenvalue weighted by atomic mass is 9.77. The van der Waals surface area contributed by atoms with E-state index in [4.69, 9.17) is 9.15 Å². The first kappa shape index (κ1) is 19.9. The van der Waals surface area contributed by atoms with Crippen LogP contribution in [-0.2, 0) is 17.6 Å². The fraction of sp³-hybridized carbons (Fsp3) is 0.591. The Hall–Kier alpha value is -2.41. The van der Waals surface area contributed by atoms with E-state index in [0.29, 0.717) is 24.1 Å². The van der Waals surface area contributed by atoms with Gasteiger partial charge in [0.15, 0.2) is 0 Å². The Bertz CT molecular complexity index is 855.